The zero-order chi connectivity index (χ0) is 25.2. The van der Waals surface area contributed by atoms with Crippen molar-refractivity contribution in [3.63, 3.8) is 0 Å². The maximum atomic E-state index is 13.0. The lowest BCUT2D eigenvalue weighted by atomic mass is 9.98. The van der Waals surface area contributed by atoms with E-state index in [0.29, 0.717) is 0 Å². The zero-order valence-corrected chi connectivity index (χ0v) is 19.8. The van der Waals surface area contributed by atoms with Crippen LogP contribution in [0.3, 0.4) is 0 Å². The van der Waals surface area contributed by atoms with Crippen LogP contribution in [-0.4, -0.2) is 51.8 Å². The molecule has 2 aromatic carbocycles. The van der Waals surface area contributed by atoms with Gasteiger partial charge in [-0.15, -0.1) is 0 Å². The number of amides is 2. The maximum Gasteiger partial charge on any atom is 0.407 e. The minimum Gasteiger partial charge on any atom is -0.480 e. The van der Waals surface area contributed by atoms with Gasteiger partial charge in [-0.25, -0.2) is 4.79 Å². The number of carboxylic acids is 1. The highest BCUT2D eigenvalue weighted by molar-refractivity contribution is 5.97. The number of aliphatic carboxylic acids is 1. The number of nitrogens with zero attached hydrogens (tertiary/aromatic N) is 2. The number of benzene rings is 2. The predicted octanol–water partition coefficient (Wildman–Crippen LogP) is 4.04. The van der Waals surface area contributed by atoms with E-state index in [2.05, 4.69) is 22.6 Å². The quantitative estimate of drug-likeness (QED) is 0.527. The summed E-state index contributed by atoms with van der Waals surface area (Å²) in [6, 6.07) is 16.1. The summed E-state index contributed by atoms with van der Waals surface area (Å²) in [7, 11) is 0. The standard InChI is InChI=1S/C26H27N3O6/c1-26(2,3)29(13-23(30)31)24(32)21-15-35-28-22(21)12-27-25(33)34-14-20-18-10-6-4-8-16(18)17-9-5-7-11-19(17)20/h4-11,15,20H,12-14H2,1-3H3,(H,27,33)(H,30,31). The Morgan fingerprint density at radius 1 is 1.06 bits per heavy atom. The van der Waals surface area contributed by atoms with Crippen molar-refractivity contribution in [2.45, 2.75) is 38.8 Å². The first-order valence-electron chi connectivity index (χ1n) is 11.2. The van der Waals surface area contributed by atoms with Gasteiger partial charge in [0.15, 0.2) is 0 Å². The summed E-state index contributed by atoms with van der Waals surface area (Å²) in [4.78, 5) is 37.9. The highest BCUT2D eigenvalue weighted by Gasteiger charge is 2.32. The molecule has 1 aromatic heterocycles. The van der Waals surface area contributed by atoms with Gasteiger partial charge in [-0.3, -0.25) is 9.59 Å². The molecule has 182 valence electrons. The maximum absolute atomic E-state index is 13.0. The Morgan fingerprint density at radius 3 is 2.23 bits per heavy atom. The number of carbonyl (C=O) groups excluding carboxylic acids is 2. The van der Waals surface area contributed by atoms with Gasteiger partial charge in [0.05, 0.1) is 6.54 Å². The van der Waals surface area contributed by atoms with Crippen LogP contribution in [0.15, 0.2) is 59.3 Å². The number of hydrogen-bond acceptors (Lipinski definition) is 6. The van der Waals surface area contributed by atoms with Gasteiger partial charge in [0.1, 0.15) is 30.7 Å². The van der Waals surface area contributed by atoms with Gasteiger partial charge < -0.3 is 24.6 Å². The fraction of sp³-hybridized carbons (Fsp3) is 0.308. The average Bonchev–Trinajstić information content (AvgIpc) is 3.41. The molecule has 4 rings (SSSR count). The van der Waals surface area contributed by atoms with Gasteiger partial charge in [0.2, 0.25) is 0 Å². The first kappa shape index (κ1) is 24.0. The Hall–Kier alpha value is -4.14. The van der Waals surface area contributed by atoms with Crippen LogP contribution in [0.4, 0.5) is 4.79 Å². The molecule has 0 saturated heterocycles. The molecule has 1 aliphatic carbocycles. The molecule has 9 nitrogen and oxygen atoms in total. The van der Waals surface area contributed by atoms with Gasteiger partial charge in [0.25, 0.3) is 5.91 Å². The van der Waals surface area contributed by atoms with Crippen molar-refractivity contribution >= 4 is 18.0 Å². The summed E-state index contributed by atoms with van der Waals surface area (Å²) in [6.45, 7) is 4.76. The normalized spacial score (nSPS) is 12.5. The Balaban J connectivity index is 1.40. The van der Waals surface area contributed by atoms with Crippen LogP contribution in [-0.2, 0) is 16.1 Å². The zero-order valence-electron chi connectivity index (χ0n) is 19.8. The molecular formula is C26H27N3O6. The Morgan fingerprint density at radius 2 is 1.66 bits per heavy atom. The first-order valence-corrected chi connectivity index (χ1v) is 11.2. The van der Waals surface area contributed by atoms with Crippen LogP contribution in [0.1, 0.15) is 53.9 Å². The molecule has 35 heavy (non-hydrogen) atoms. The van der Waals surface area contributed by atoms with Crippen LogP contribution >= 0.6 is 0 Å². The van der Waals surface area contributed by atoms with E-state index in [4.69, 9.17) is 9.26 Å². The Labute approximate surface area is 202 Å². The molecule has 1 heterocycles. The number of hydrogen-bond donors (Lipinski definition) is 2. The van der Waals surface area contributed by atoms with Gasteiger partial charge in [0, 0.05) is 11.5 Å². The van der Waals surface area contributed by atoms with Crippen LogP contribution < -0.4 is 5.32 Å². The minimum atomic E-state index is -1.14. The number of carboxylic acid groups (broad SMARTS) is 1. The first-order chi connectivity index (χ1) is 16.7. The van der Waals surface area contributed by atoms with Crippen LogP contribution in [0.2, 0.25) is 0 Å². The molecule has 0 radical (unpaired) electrons. The monoisotopic (exact) mass is 477 g/mol. The summed E-state index contributed by atoms with van der Waals surface area (Å²) >= 11 is 0. The third kappa shape index (κ3) is 5.03. The average molecular weight is 478 g/mol. The van der Waals surface area contributed by atoms with Crippen LogP contribution in [0.5, 0.6) is 0 Å². The third-order valence-corrected chi connectivity index (χ3v) is 5.97. The number of aromatic nitrogens is 1. The van der Waals surface area contributed by atoms with Crippen LogP contribution in [0.25, 0.3) is 11.1 Å². The molecule has 0 spiro atoms. The number of fused-ring (bicyclic) bond motifs is 3. The lowest BCUT2D eigenvalue weighted by Gasteiger charge is -2.34. The van der Waals surface area contributed by atoms with Crippen molar-refractivity contribution in [2.75, 3.05) is 13.2 Å². The number of rotatable bonds is 7. The molecule has 0 saturated carbocycles. The lowest BCUT2D eigenvalue weighted by molar-refractivity contribution is -0.138. The molecule has 2 N–H and O–H groups in total. The summed E-state index contributed by atoms with van der Waals surface area (Å²) in [6.07, 6.45) is 0.490. The Bertz CT molecular complexity index is 1210. The molecule has 0 bridgehead atoms. The van der Waals surface area contributed by atoms with E-state index in [1.807, 2.05) is 36.4 Å². The van der Waals surface area contributed by atoms with Gasteiger partial charge in [-0.1, -0.05) is 53.7 Å². The molecular weight excluding hydrogens is 450 g/mol. The van der Waals surface area contributed by atoms with Crippen molar-refractivity contribution in [2.24, 2.45) is 0 Å². The SMILES string of the molecule is CC(C)(C)N(CC(=O)O)C(=O)c1conc1CNC(=O)OCC1c2ccccc2-c2ccccc21. The number of ether oxygens (including phenoxy) is 1. The molecule has 3 aromatic rings. The largest absolute Gasteiger partial charge is 0.480 e. The van der Waals surface area contributed by atoms with Gasteiger partial charge in [-0.2, -0.15) is 0 Å². The molecule has 1 aliphatic rings. The summed E-state index contributed by atoms with van der Waals surface area (Å²) in [5.74, 6) is -1.76. The smallest absolute Gasteiger partial charge is 0.407 e. The highest BCUT2D eigenvalue weighted by atomic mass is 16.5. The van der Waals surface area contributed by atoms with Crippen molar-refractivity contribution in [3.8, 4) is 11.1 Å². The van der Waals surface area contributed by atoms with E-state index in [1.165, 1.54) is 4.90 Å². The Kier molecular flexibility index (Phi) is 6.59. The van der Waals surface area contributed by atoms with E-state index in [1.54, 1.807) is 20.8 Å². The molecule has 2 amide bonds. The predicted molar refractivity (Wildman–Crippen MR) is 127 cm³/mol. The molecule has 0 fully saturated rings. The fourth-order valence-corrected chi connectivity index (χ4v) is 4.26. The molecule has 0 aliphatic heterocycles. The van der Waals surface area contributed by atoms with Crippen molar-refractivity contribution in [1.29, 1.82) is 0 Å². The van der Waals surface area contributed by atoms with E-state index in [-0.39, 0.29) is 30.3 Å². The summed E-state index contributed by atoms with van der Waals surface area (Å²) < 4.78 is 10.5. The second-order valence-electron chi connectivity index (χ2n) is 9.31. The molecule has 0 unspecified atom stereocenters. The second kappa shape index (κ2) is 9.61. The van der Waals surface area contributed by atoms with Crippen molar-refractivity contribution in [1.82, 2.24) is 15.4 Å². The van der Waals surface area contributed by atoms with E-state index < -0.39 is 30.1 Å². The van der Waals surface area contributed by atoms with Crippen molar-refractivity contribution < 1.29 is 28.8 Å². The molecule has 0 atom stereocenters. The number of alkyl carbamates (subject to hydrolysis) is 1. The summed E-state index contributed by atoms with van der Waals surface area (Å²) in [5.41, 5.74) is 3.99. The molecule has 9 heteroatoms. The van der Waals surface area contributed by atoms with Crippen LogP contribution in [0, 0.1) is 0 Å². The van der Waals surface area contributed by atoms with E-state index in [0.717, 1.165) is 28.5 Å². The van der Waals surface area contributed by atoms with E-state index in [9.17, 15) is 19.5 Å². The van der Waals surface area contributed by atoms with Gasteiger partial charge in [-0.05, 0) is 43.0 Å². The lowest BCUT2D eigenvalue weighted by Crippen LogP contribution is -2.48. The second-order valence-corrected chi connectivity index (χ2v) is 9.31. The topological polar surface area (TPSA) is 122 Å². The van der Waals surface area contributed by atoms with Gasteiger partial charge >= 0.3 is 12.1 Å². The number of carbonyl (C=O) groups is 3. The fourth-order valence-electron chi connectivity index (χ4n) is 4.26. The van der Waals surface area contributed by atoms with E-state index >= 15 is 0 Å². The van der Waals surface area contributed by atoms with Crippen molar-refractivity contribution in [3.05, 3.63) is 77.2 Å². The third-order valence-electron chi connectivity index (χ3n) is 5.97. The highest BCUT2D eigenvalue weighted by Crippen LogP contribution is 2.44. The number of nitrogens with one attached hydrogen (secondary N) is 1. The summed E-state index contributed by atoms with van der Waals surface area (Å²) in [5, 5.41) is 15.6. The minimum absolute atomic E-state index is 0.0753.